The Balaban J connectivity index is 1.89. The molecule has 3 aliphatic carbocycles. The van der Waals surface area contributed by atoms with Crippen LogP contribution in [0.15, 0.2) is 29.0 Å². The van der Waals surface area contributed by atoms with Crippen LogP contribution in [0, 0.1) is 11.8 Å². The highest BCUT2D eigenvalue weighted by atomic mass is 16.3. The van der Waals surface area contributed by atoms with Gasteiger partial charge in [0.1, 0.15) is 22.8 Å². The number of unbranched alkanes of at least 4 members (excludes halogenated alkanes) is 1. The Bertz CT molecular complexity index is 1080. The number of aliphatic hydroxyl groups is 3. The monoisotopic (exact) mass is 427 g/mol. The van der Waals surface area contributed by atoms with Crippen molar-refractivity contribution in [1.29, 1.82) is 0 Å². The molecule has 0 saturated heterocycles. The van der Waals surface area contributed by atoms with Crippen LogP contribution in [0.3, 0.4) is 0 Å². The molecule has 0 heterocycles. The minimum absolute atomic E-state index is 0.112. The number of aryl methyl sites for hydroxylation is 1. The second kappa shape index (κ2) is 7.23. The summed E-state index contributed by atoms with van der Waals surface area (Å²) in [5.74, 6) is -6.05. The van der Waals surface area contributed by atoms with E-state index in [0.29, 0.717) is 6.42 Å². The number of aliphatic hydroxyl groups excluding tert-OH is 2. The Hall–Kier alpha value is -3.13. The maximum Gasteiger partial charge on any atom is 0.255 e. The number of rotatable bonds is 4. The number of fused-ring (bicyclic) bond motifs is 3. The van der Waals surface area contributed by atoms with Gasteiger partial charge in [0.05, 0.1) is 5.56 Å². The van der Waals surface area contributed by atoms with Crippen LogP contribution >= 0.6 is 0 Å². The summed E-state index contributed by atoms with van der Waals surface area (Å²) in [5.41, 5.74) is 3.62. The molecule has 3 aliphatic rings. The highest BCUT2D eigenvalue weighted by Gasteiger charge is 2.60. The molecule has 1 fully saturated rings. The summed E-state index contributed by atoms with van der Waals surface area (Å²) in [7, 11) is 0. The molecule has 3 atom stereocenters. The van der Waals surface area contributed by atoms with Gasteiger partial charge in [-0.3, -0.25) is 14.4 Å². The summed E-state index contributed by atoms with van der Waals surface area (Å²) in [5, 5.41) is 43.1. The molecule has 1 aromatic rings. The first-order valence-corrected chi connectivity index (χ1v) is 10.4. The molecule has 8 heteroatoms. The van der Waals surface area contributed by atoms with Crippen LogP contribution in [0.1, 0.15) is 49.3 Å². The van der Waals surface area contributed by atoms with E-state index in [-0.39, 0.29) is 29.7 Å². The van der Waals surface area contributed by atoms with Gasteiger partial charge in [0.25, 0.3) is 5.91 Å². The zero-order valence-electron chi connectivity index (χ0n) is 17.1. The van der Waals surface area contributed by atoms with Gasteiger partial charge in [-0.1, -0.05) is 19.4 Å². The van der Waals surface area contributed by atoms with Crippen molar-refractivity contribution in [3.05, 3.63) is 45.7 Å². The average molecular weight is 427 g/mol. The lowest BCUT2D eigenvalue weighted by Crippen LogP contribution is -2.58. The molecular weight excluding hydrogens is 402 g/mol. The highest BCUT2D eigenvalue weighted by Crippen LogP contribution is 2.52. The van der Waals surface area contributed by atoms with Crippen molar-refractivity contribution in [2.75, 3.05) is 0 Å². The number of ketones is 2. The largest absolute Gasteiger partial charge is 0.508 e. The molecule has 0 radical (unpaired) electrons. The van der Waals surface area contributed by atoms with Crippen LogP contribution < -0.4 is 5.73 Å². The van der Waals surface area contributed by atoms with Crippen molar-refractivity contribution in [2.24, 2.45) is 17.6 Å². The van der Waals surface area contributed by atoms with Gasteiger partial charge < -0.3 is 26.2 Å². The number of nitrogens with two attached hydrogens (primary N) is 1. The minimum atomic E-state index is -2.52. The first-order valence-electron chi connectivity index (χ1n) is 10.4. The van der Waals surface area contributed by atoms with Gasteiger partial charge in [-0.15, -0.1) is 0 Å². The number of hydrogen-bond acceptors (Lipinski definition) is 7. The predicted octanol–water partition coefficient (Wildman–Crippen LogP) is 1.77. The molecule has 1 saturated carbocycles. The Morgan fingerprint density at radius 3 is 2.55 bits per heavy atom. The standard InChI is InChI=1S/C23H25NO7/c1-2-3-4-10-5-6-14(25)17-13(10)8-11-7-12-9-15(26)18(22(24)30)21(29)23(12,31)20(28)16(11)19(17)27/h5-6,11-12,25,27,29,31H,2-4,7-9H2,1H3,(H2,24,30). The number of carbonyl (C=O) groups excluding carboxylic acids is 3. The summed E-state index contributed by atoms with van der Waals surface area (Å²) in [6.07, 6.45) is 2.82. The molecule has 1 aromatic carbocycles. The van der Waals surface area contributed by atoms with Crippen molar-refractivity contribution in [1.82, 2.24) is 0 Å². The van der Waals surface area contributed by atoms with E-state index in [9.17, 15) is 34.8 Å². The number of carbonyl (C=O) groups is 3. The normalized spacial score (nSPS) is 27.7. The number of aromatic hydroxyl groups is 1. The summed E-state index contributed by atoms with van der Waals surface area (Å²) in [6.45, 7) is 2.06. The summed E-state index contributed by atoms with van der Waals surface area (Å²) in [4.78, 5) is 37.4. The smallest absolute Gasteiger partial charge is 0.255 e. The molecule has 3 unspecified atom stereocenters. The number of benzene rings is 1. The lowest BCUT2D eigenvalue weighted by molar-refractivity contribution is -0.147. The number of phenols is 1. The highest BCUT2D eigenvalue weighted by molar-refractivity contribution is 6.22. The van der Waals surface area contributed by atoms with Crippen LogP contribution in [0.4, 0.5) is 0 Å². The maximum absolute atomic E-state index is 13.4. The fourth-order valence-electron chi connectivity index (χ4n) is 5.29. The van der Waals surface area contributed by atoms with Gasteiger partial charge in [-0.2, -0.15) is 0 Å². The molecule has 0 aromatic heterocycles. The Morgan fingerprint density at radius 1 is 1.19 bits per heavy atom. The van der Waals surface area contributed by atoms with E-state index >= 15 is 0 Å². The van der Waals surface area contributed by atoms with Crippen molar-refractivity contribution in [3.8, 4) is 5.75 Å². The molecule has 6 N–H and O–H groups in total. The van der Waals surface area contributed by atoms with E-state index in [0.717, 1.165) is 30.4 Å². The summed E-state index contributed by atoms with van der Waals surface area (Å²) < 4.78 is 0. The first-order chi connectivity index (χ1) is 14.6. The Labute approximate surface area is 178 Å². The molecule has 0 aliphatic heterocycles. The van der Waals surface area contributed by atoms with Crippen LogP contribution in [-0.4, -0.2) is 43.5 Å². The average Bonchev–Trinajstić information content (AvgIpc) is 2.70. The minimum Gasteiger partial charge on any atom is -0.508 e. The fraction of sp³-hybridized carbons (Fsp3) is 0.435. The number of amides is 1. The molecule has 0 spiro atoms. The van der Waals surface area contributed by atoms with Gasteiger partial charge >= 0.3 is 0 Å². The second-order valence-corrected chi connectivity index (χ2v) is 8.61. The molecule has 8 nitrogen and oxygen atoms in total. The van der Waals surface area contributed by atoms with Crippen LogP contribution in [0.5, 0.6) is 5.75 Å². The number of hydrogen-bond donors (Lipinski definition) is 5. The Morgan fingerprint density at radius 2 is 1.90 bits per heavy atom. The quantitative estimate of drug-likeness (QED) is 0.458. The SMILES string of the molecule is CCCCc1ccc(O)c2c1CC1CC3CC(=O)C(C(N)=O)=C(O)C3(O)C(=O)C1=C2O. The lowest BCUT2D eigenvalue weighted by atomic mass is 9.59. The fourth-order valence-corrected chi connectivity index (χ4v) is 5.29. The van der Waals surface area contributed by atoms with Gasteiger partial charge in [0.2, 0.25) is 5.78 Å². The van der Waals surface area contributed by atoms with E-state index in [2.05, 4.69) is 6.92 Å². The van der Waals surface area contributed by atoms with Gasteiger partial charge in [-0.25, -0.2) is 0 Å². The predicted molar refractivity (Wildman–Crippen MR) is 110 cm³/mol. The van der Waals surface area contributed by atoms with E-state index in [4.69, 9.17) is 5.73 Å². The van der Waals surface area contributed by atoms with Crippen molar-refractivity contribution in [2.45, 2.75) is 51.0 Å². The molecular formula is C23H25NO7. The van der Waals surface area contributed by atoms with E-state index in [1.54, 1.807) is 6.07 Å². The van der Waals surface area contributed by atoms with Gasteiger partial charge in [-0.05, 0) is 48.8 Å². The molecule has 4 rings (SSSR count). The van der Waals surface area contributed by atoms with E-state index in [1.165, 1.54) is 6.07 Å². The van der Waals surface area contributed by atoms with Crippen molar-refractivity contribution < 1.29 is 34.8 Å². The molecule has 1 amide bonds. The van der Waals surface area contributed by atoms with Crippen LogP contribution in [-0.2, 0) is 27.2 Å². The zero-order chi connectivity index (χ0) is 22.7. The lowest BCUT2D eigenvalue weighted by Gasteiger charge is -2.46. The molecule has 0 bridgehead atoms. The first kappa shape index (κ1) is 21.1. The van der Waals surface area contributed by atoms with Crippen LogP contribution in [0.2, 0.25) is 0 Å². The summed E-state index contributed by atoms with van der Waals surface area (Å²) >= 11 is 0. The van der Waals surface area contributed by atoms with Crippen molar-refractivity contribution in [3.63, 3.8) is 0 Å². The van der Waals surface area contributed by atoms with E-state index < -0.39 is 52.0 Å². The Kier molecular flexibility index (Phi) is 4.93. The van der Waals surface area contributed by atoms with Gasteiger partial charge in [0.15, 0.2) is 11.4 Å². The maximum atomic E-state index is 13.4. The molecule has 164 valence electrons. The summed E-state index contributed by atoms with van der Waals surface area (Å²) in [6, 6.07) is 3.27. The molecule has 31 heavy (non-hydrogen) atoms. The number of Topliss-reactive ketones (excluding diaryl/α,β-unsaturated/α-hetero) is 2. The topological polar surface area (TPSA) is 158 Å². The van der Waals surface area contributed by atoms with Gasteiger partial charge in [0, 0.05) is 17.9 Å². The third-order valence-corrected chi connectivity index (χ3v) is 6.84. The third kappa shape index (κ3) is 2.89. The second-order valence-electron chi connectivity index (χ2n) is 8.61. The number of phenolic OH excluding ortho intramolecular Hbond substituents is 1. The third-order valence-electron chi connectivity index (χ3n) is 6.84. The van der Waals surface area contributed by atoms with Crippen molar-refractivity contribution >= 4 is 23.2 Å². The van der Waals surface area contributed by atoms with Crippen LogP contribution in [0.25, 0.3) is 5.76 Å². The zero-order valence-corrected chi connectivity index (χ0v) is 17.1. The van der Waals surface area contributed by atoms with E-state index in [1.807, 2.05) is 0 Å². The number of primary amides is 1.